The fraction of sp³-hybridized carbons (Fsp3) is 0.707. The first kappa shape index (κ1) is 81.4. The van der Waals surface area contributed by atoms with E-state index in [1.165, 1.54) is 109 Å². The van der Waals surface area contributed by atoms with Crippen molar-refractivity contribution in [2.45, 2.75) is 303 Å². The lowest BCUT2D eigenvalue weighted by molar-refractivity contribution is -0.870. The van der Waals surface area contributed by atoms with Crippen LogP contribution < -0.4 is 10.2 Å². The van der Waals surface area contributed by atoms with Gasteiger partial charge in [0.25, 0.3) is 7.82 Å². The van der Waals surface area contributed by atoms with Crippen molar-refractivity contribution in [3.63, 3.8) is 0 Å². The van der Waals surface area contributed by atoms with Crippen LogP contribution in [0.15, 0.2) is 122 Å². The van der Waals surface area contributed by atoms with E-state index < -0.39 is 26.6 Å². The summed E-state index contributed by atoms with van der Waals surface area (Å²) in [5, 5.41) is 3.03. The number of nitrogens with zero attached hydrogens (tertiary/aromatic N) is 1. The molecule has 0 aromatic rings. The molecule has 0 aromatic carbocycles. The minimum absolute atomic E-state index is 0.0322. The van der Waals surface area contributed by atoms with Gasteiger partial charge in [-0.3, -0.25) is 14.2 Å². The van der Waals surface area contributed by atoms with Crippen molar-refractivity contribution in [2.75, 3.05) is 40.9 Å². The molecule has 0 bridgehead atoms. The monoisotopic (exact) mass is 1200 g/mol. The molecular weight excluding hydrogens is 1070 g/mol. The zero-order chi connectivity index (χ0) is 62.1. The molecule has 9 nitrogen and oxygen atoms in total. The van der Waals surface area contributed by atoms with E-state index in [4.69, 9.17) is 13.8 Å². The fourth-order valence-electron chi connectivity index (χ4n) is 9.53. The normalized spacial score (nSPS) is 14.3. The lowest BCUT2D eigenvalue weighted by atomic mass is 10.0. The van der Waals surface area contributed by atoms with Crippen LogP contribution in [-0.2, 0) is 27.9 Å². The van der Waals surface area contributed by atoms with Gasteiger partial charge in [0.2, 0.25) is 5.91 Å². The van der Waals surface area contributed by atoms with Crippen LogP contribution >= 0.6 is 7.82 Å². The predicted octanol–water partition coefficient (Wildman–Crippen LogP) is 21.6. The van der Waals surface area contributed by atoms with Crippen molar-refractivity contribution in [3.05, 3.63) is 122 Å². The molecule has 1 amide bonds. The molecule has 488 valence electrons. The van der Waals surface area contributed by atoms with E-state index in [1.807, 2.05) is 33.3 Å². The van der Waals surface area contributed by atoms with Gasteiger partial charge in [0.1, 0.15) is 19.3 Å². The number of hydrogen-bond donors (Lipinski definition) is 1. The molecule has 0 saturated carbocycles. The number of likely N-dealkylation sites (N-methyl/N-ethyl adjacent to an activating group) is 1. The van der Waals surface area contributed by atoms with Gasteiger partial charge in [-0.2, -0.15) is 0 Å². The van der Waals surface area contributed by atoms with Crippen molar-refractivity contribution in [3.8, 4) is 0 Å². The minimum atomic E-state index is -4.72. The number of phosphoric ester groups is 1. The largest absolute Gasteiger partial charge is 0.756 e. The number of unbranched alkanes of at least 4 members (excludes halogenated alkanes) is 28. The standard InChI is InChI=1S/C75H131N2O7P/c1-7-10-13-16-19-22-25-28-30-32-34-35-36-37-38-39-40-41-43-44-46-49-52-55-58-61-64-67-74(78)76-72(71-83-85(80,81)82-70-69-77(4,5)6)73(66-63-60-57-54-51-48-27-24-21-18-15-12-9-3)84-75(79)68-65-62-59-56-53-50-47-45-42-33-31-29-26-23-20-17-14-11-8-2/h10,13,19-20,22-23,28-31,34-35,37-38,40-42,45,63,66,72-73H,7-9,11-12,14-18,21,24-27,32-33,36,39,43-44,46-62,64-65,67-71H2,1-6H3,(H-,76,78,80,81)/b13-10-,22-19-,23-20-,30-28-,31-29-,35-34-,38-37-,41-40-,45-42-,66-63-. The second-order valence-corrected chi connectivity index (χ2v) is 25.7. The number of phosphoric acid groups is 1. The first-order valence-electron chi connectivity index (χ1n) is 34.8. The van der Waals surface area contributed by atoms with Crippen LogP contribution in [0.3, 0.4) is 0 Å². The summed E-state index contributed by atoms with van der Waals surface area (Å²) in [6.07, 6.45) is 88.8. The molecule has 1 N–H and O–H groups in total. The van der Waals surface area contributed by atoms with Crippen molar-refractivity contribution in [2.24, 2.45) is 0 Å². The Morgan fingerprint density at radius 2 is 0.753 bits per heavy atom. The smallest absolute Gasteiger partial charge is 0.306 e. The second-order valence-electron chi connectivity index (χ2n) is 24.3. The number of rotatable bonds is 62. The quantitative estimate of drug-likeness (QED) is 0.0212. The number of carbonyl (C=O) groups excluding carboxylic acids is 2. The van der Waals surface area contributed by atoms with Gasteiger partial charge in [-0.1, -0.05) is 277 Å². The van der Waals surface area contributed by atoms with E-state index in [1.54, 1.807) is 0 Å². The molecule has 0 aliphatic carbocycles. The summed E-state index contributed by atoms with van der Waals surface area (Å²) < 4.78 is 30.4. The maximum absolute atomic E-state index is 13.6. The van der Waals surface area contributed by atoms with E-state index in [2.05, 4.69) is 135 Å². The van der Waals surface area contributed by atoms with Crippen LogP contribution in [0.25, 0.3) is 0 Å². The Bertz CT molecular complexity index is 1870. The summed E-state index contributed by atoms with van der Waals surface area (Å²) >= 11 is 0. The van der Waals surface area contributed by atoms with Gasteiger partial charge in [0.05, 0.1) is 33.8 Å². The predicted molar refractivity (Wildman–Crippen MR) is 367 cm³/mol. The molecule has 3 atom stereocenters. The number of nitrogens with one attached hydrogen (secondary N) is 1. The van der Waals surface area contributed by atoms with Crippen molar-refractivity contribution in [1.82, 2.24) is 5.32 Å². The van der Waals surface area contributed by atoms with Crippen LogP contribution in [0.1, 0.15) is 290 Å². The first-order valence-corrected chi connectivity index (χ1v) is 36.3. The number of quaternary nitrogens is 1. The maximum Gasteiger partial charge on any atom is 0.306 e. The van der Waals surface area contributed by atoms with Gasteiger partial charge in [-0.15, -0.1) is 0 Å². The average molecular weight is 1200 g/mol. The topological polar surface area (TPSA) is 114 Å². The van der Waals surface area contributed by atoms with E-state index in [9.17, 15) is 19.0 Å². The number of esters is 1. The minimum Gasteiger partial charge on any atom is -0.756 e. The van der Waals surface area contributed by atoms with Gasteiger partial charge in [0.15, 0.2) is 0 Å². The van der Waals surface area contributed by atoms with Crippen molar-refractivity contribution >= 4 is 19.7 Å². The summed E-state index contributed by atoms with van der Waals surface area (Å²) in [7, 11) is 1.16. The summed E-state index contributed by atoms with van der Waals surface area (Å²) in [5.74, 6) is -0.567. The lowest BCUT2D eigenvalue weighted by Crippen LogP contribution is -2.47. The van der Waals surface area contributed by atoms with E-state index >= 15 is 0 Å². The maximum atomic E-state index is 13.6. The van der Waals surface area contributed by atoms with Gasteiger partial charge < -0.3 is 28.5 Å². The van der Waals surface area contributed by atoms with Crippen LogP contribution in [0.2, 0.25) is 0 Å². The Kier molecular flexibility index (Phi) is 60.8. The molecule has 0 aliphatic heterocycles. The van der Waals surface area contributed by atoms with Crippen LogP contribution in [0.5, 0.6) is 0 Å². The Morgan fingerprint density at radius 1 is 0.424 bits per heavy atom. The second kappa shape index (κ2) is 63.4. The molecule has 3 unspecified atom stereocenters. The highest BCUT2D eigenvalue weighted by Gasteiger charge is 2.27. The van der Waals surface area contributed by atoms with Crippen molar-refractivity contribution < 1.29 is 37.3 Å². The summed E-state index contributed by atoms with van der Waals surface area (Å²) in [6.45, 7) is 6.69. The lowest BCUT2D eigenvalue weighted by Gasteiger charge is -2.30. The van der Waals surface area contributed by atoms with Crippen LogP contribution in [0, 0.1) is 0 Å². The van der Waals surface area contributed by atoms with Crippen LogP contribution in [0.4, 0.5) is 0 Å². The van der Waals surface area contributed by atoms with Gasteiger partial charge in [-0.25, -0.2) is 0 Å². The molecule has 0 aliphatic rings. The third kappa shape index (κ3) is 64.7. The average Bonchev–Trinajstić information content (AvgIpc) is 3.53. The molecule has 10 heteroatoms. The number of ether oxygens (including phenoxy) is 1. The fourth-order valence-corrected chi connectivity index (χ4v) is 10.3. The molecular formula is C75H131N2O7P. The molecule has 0 aromatic heterocycles. The molecule has 0 radical (unpaired) electrons. The van der Waals surface area contributed by atoms with E-state index in [0.717, 1.165) is 141 Å². The van der Waals surface area contributed by atoms with Gasteiger partial charge in [0, 0.05) is 12.8 Å². The number of allylic oxidation sites excluding steroid dienone is 19. The Balaban J connectivity index is 5.17. The van der Waals surface area contributed by atoms with Crippen molar-refractivity contribution in [1.29, 1.82) is 0 Å². The highest BCUT2D eigenvalue weighted by molar-refractivity contribution is 7.45. The van der Waals surface area contributed by atoms with Gasteiger partial charge >= 0.3 is 5.97 Å². The highest BCUT2D eigenvalue weighted by atomic mass is 31.2. The first-order chi connectivity index (χ1) is 41.4. The zero-order valence-electron chi connectivity index (χ0n) is 55.8. The molecule has 0 heterocycles. The summed E-state index contributed by atoms with van der Waals surface area (Å²) in [5.41, 5.74) is 0. The Morgan fingerprint density at radius 3 is 1.15 bits per heavy atom. The van der Waals surface area contributed by atoms with E-state index in [-0.39, 0.29) is 24.9 Å². The number of hydrogen-bond acceptors (Lipinski definition) is 7. The summed E-state index contributed by atoms with van der Waals surface area (Å²) in [6, 6.07) is -0.908. The molecule has 85 heavy (non-hydrogen) atoms. The number of amides is 1. The van der Waals surface area contributed by atoms with Crippen LogP contribution in [-0.4, -0.2) is 69.4 Å². The van der Waals surface area contributed by atoms with E-state index in [0.29, 0.717) is 23.9 Å². The third-order valence-corrected chi connectivity index (χ3v) is 15.8. The zero-order valence-corrected chi connectivity index (χ0v) is 56.7. The molecule has 0 fully saturated rings. The Labute approximate surface area is 524 Å². The molecule has 0 spiro atoms. The molecule has 0 saturated heterocycles. The Hall–Kier alpha value is -3.59. The van der Waals surface area contributed by atoms with Gasteiger partial charge in [-0.05, 0) is 122 Å². The SMILES string of the molecule is CC/C=C\C/C=C\C/C=C\C/C=C\C/C=C\C/C=C\CCCCCCCCCCC(=O)NC(COP(=O)([O-])OCC[N+](C)(C)C)C(/C=C\CCCCCCCCCCCCC)OC(=O)CCCCCCCC/C=C\C/C=C\C/C=C\CCCCC. The third-order valence-electron chi connectivity index (χ3n) is 14.9. The number of carbonyl (C=O) groups is 2. The highest BCUT2D eigenvalue weighted by Crippen LogP contribution is 2.38. The molecule has 0 rings (SSSR count). The summed E-state index contributed by atoms with van der Waals surface area (Å²) in [4.78, 5) is 40.2.